The van der Waals surface area contributed by atoms with Crippen molar-refractivity contribution >= 4 is 22.6 Å². The van der Waals surface area contributed by atoms with Gasteiger partial charge in [0.05, 0.1) is 6.54 Å². The van der Waals surface area contributed by atoms with Crippen molar-refractivity contribution < 1.29 is 0 Å². The Bertz CT molecular complexity index is 742. The Morgan fingerprint density at radius 1 is 1.30 bits per heavy atom. The van der Waals surface area contributed by atoms with Gasteiger partial charge in [-0.15, -0.1) is 0 Å². The summed E-state index contributed by atoms with van der Waals surface area (Å²) >= 11 is 1.50. The lowest BCUT2D eigenvalue weighted by molar-refractivity contribution is 0.371. The highest BCUT2D eigenvalue weighted by Gasteiger charge is 2.22. The summed E-state index contributed by atoms with van der Waals surface area (Å²) in [6, 6.07) is 0. The lowest BCUT2D eigenvalue weighted by Gasteiger charge is -2.36. The number of aliphatic imine (C=N–C) groups is 1. The second-order valence-electron chi connectivity index (χ2n) is 7.11. The maximum absolute atomic E-state index is 4.60. The molecule has 8 nitrogen and oxygen atoms in total. The van der Waals surface area contributed by atoms with E-state index in [1.165, 1.54) is 11.5 Å². The molecule has 1 saturated heterocycles. The van der Waals surface area contributed by atoms with E-state index in [0.29, 0.717) is 12.5 Å². The SMILES string of the molecule is CCc1nsc(N2CCN(C(=NC)NCc3nccn3CC(C)C)CC2)n1. The fourth-order valence-corrected chi connectivity index (χ4v) is 3.98. The first kappa shape index (κ1) is 19.6. The number of hydrogen-bond acceptors (Lipinski definition) is 6. The Kier molecular flexibility index (Phi) is 6.65. The molecule has 1 N–H and O–H groups in total. The van der Waals surface area contributed by atoms with E-state index in [1.807, 2.05) is 19.4 Å². The van der Waals surface area contributed by atoms with Crippen molar-refractivity contribution in [3.05, 3.63) is 24.0 Å². The molecule has 148 valence electrons. The van der Waals surface area contributed by atoms with Gasteiger partial charge in [0, 0.05) is 70.1 Å². The maximum atomic E-state index is 4.60. The largest absolute Gasteiger partial charge is 0.349 e. The van der Waals surface area contributed by atoms with Gasteiger partial charge in [-0.05, 0) is 5.92 Å². The molecule has 1 aliphatic rings. The molecule has 3 rings (SSSR count). The fraction of sp³-hybridized carbons (Fsp3) is 0.667. The van der Waals surface area contributed by atoms with Crippen molar-refractivity contribution in [2.24, 2.45) is 10.9 Å². The third-order valence-electron chi connectivity index (χ3n) is 4.60. The number of nitrogens with zero attached hydrogens (tertiary/aromatic N) is 7. The zero-order valence-corrected chi connectivity index (χ0v) is 17.5. The van der Waals surface area contributed by atoms with E-state index in [9.17, 15) is 0 Å². The number of imidazole rings is 1. The number of nitrogens with one attached hydrogen (secondary N) is 1. The van der Waals surface area contributed by atoms with Crippen LogP contribution in [0.25, 0.3) is 0 Å². The molecule has 0 amide bonds. The van der Waals surface area contributed by atoms with Crippen molar-refractivity contribution in [1.29, 1.82) is 0 Å². The predicted octanol–water partition coefficient (Wildman–Crippen LogP) is 1.85. The molecule has 0 aromatic carbocycles. The van der Waals surface area contributed by atoms with Crippen molar-refractivity contribution in [1.82, 2.24) is 29.1 Å². The minimum atomic E-state index is 0.596. The summed E-state index contributed by atoms with van der Waals surface area (Å²) in [7, 11) is 1.84. The van der Waals surface area contributed by atoms with E-state index in [0.717, 1.165) is 61.9 Å². The van der Waals surface area contributed by atoms with Crippen molar-refractivity contribution in [2.45, 2.75) is 40.3 Å². The van der Waals surface area contributed by atoms with Crippen LogP contribution in [0.3, 0.4) is 0 Å². The molecule has 2 aromatic rings. The van der Waals surface area contributed by atoms with Crippen LogP contribution >= 0.6 is 11.5 Å². The second-order valence-corrected chi connectivity index (χ2v) is 7.84. The first-order valence-corrected chi connectivity index (χ1v) is 10.4. The summed E-state index contributed by atoms with van der Waals surface area (Å²) < 4.78 is 6.61. The molecule has 2 aromatic heterocycles. The number of rotatable bonds is 6. The fourth-order valence-electron chi connectivity index (χ4n) is 3.18. The molecule has 9 heteroatoms. The molecule has 0 radical (unpaired) electrons. The summed E-state index contributed by atoms with van der Waals surface area (Å²) in [6.07, 6.45) is 4.80. The Morgan fingerprint density at radius 2 is 2.07 bits per heavy atom. The second kappa shape index (κ2) is 9.16. The van der Waals surface area contributed by atoms with Crippen molar-refractivity contribution in [2.75, 3.05) is 38.1 Å². The van der Waals surface area contributed by atoms with Gasteiger partial charge in [0.1, 0.15) is 11.6 Å². The molecule has 0 spiro atoms. The Morgan fingerprint density at radius 3 is 2.70 bits per heavy atom. The van der Waals surface area contributed by atoms with E-state index < -0.39 is 0 Å². The number of hydrogen-bond donors (Lipinski definition) is 1. The van der Waals surface area contributed by atoms with Crippen LogP contribution in [0.2, 0.25) is 0 Å². The van der Waals surface area contributed by atoms with Crippen LogP contribution in [0.15, 0.2) is 17.4 Å². The topological polar surface area (TPSA) is 74.5 Å². The molecule has 1 fully saturated rings. The Hall–Kier alpha value is -2.16. The van der Waals surface area contributed by atoms with Crippen LogP contribution in [0.4, 0.5) is 5.13 Å². The van der Waals surface area contributed by atoms with Crippen LogP contribution in [-0.4, -0.2) is 63.0 Å². The van der Waals surface area contributed by atoms with E-state index in [2.05, 4.69) is 59.8 Å². The number of piperazine rings is 1. The lowest BCUT2D eigenvalue weighted by atomic mass is 10.2. The zero-order valence-electron chi connectivity index (χ0n) is 16.7. The molecule has 0 bridgehead atoms. The van der Waals surface area contributed by atoms with Gasteiger partial charge in [0.2, 0.25) is 5.13 Å². The third kappa shape index (κ3) is 4.97. The number of guanidine groups is 1. The van der Waals surface area contributed by atoms with Crippen LogP contribution < -0.4 is 10.2 Å². The first-order chi connectivity index (χ1) is 13.1. The van der Waals surface area contributed by atoms with Crippen LogP contribution in [-0.2, 0) is 19.5 Å². The first-order valence-electron chi connectivity index (χ1n) is 9.63. The molecule has 27 heavy (non-hydrogen) atoms. The van der Waals surface area contributed by atoms with Gasteiger partial charge < -0.3 is 19.7 Å². The number of aromatic nitrogens is 4. The number of aryl methyl sites for hydroxylation is 1. The number of anilines is 1. The highest BCUT2D eigenvalue weighted by atomic mass is 32.1. The van der Waals surface area contributed by atoms with Gasteiger partial charge in [-0.3, -0.25) is 4.99 Å². The average molecular weight is 391 g/mol. The van der Waals surface area contributed by atoms with Gasteiger partial charge in [0.15, 0.2) is 5.96 Å². The normalized spacial score (nSPS) is 15.7. The summed E-state index contributed by atoms with van der Waals surface area (Å²) in [4.78, 5) is 18.2. The van der Waals surface area contributed by atoms with Crippen LogP contribution in [0, 0.1) is 5.92 Å². The summed E-state index contributed by atoms with van der Waals surface area (Å²) in [5.41, 5.74) is 0. The molecule has 0 atom stereocenters. The molecule has 0 unspecified atom stereocenters. The smallest absolute Gasteiger partial charge is 0.205 e. The van der Waals surface area contributed by atoms with E-state index in [1.54, 1.807) is 0 Å². The monoisotopic (exact) mass is 390 g/mol. The average Bonchev–Trinajstić information content (AvgIpc) is 3.32. The molecule has 0 saturated carbocycles. The van der Waals surface area contributed by atoms with Crippen LogP contribution in [0.5, 0.6) is 0 Å². The van der Waals surface area contributed by atoms with Gasteiger partial charge in [-0.25, -0.2) is 9.97 Å². The molecule has 1 aliphatic heterocycles. The van der Waals surface area contributed by atoms with Crippen molar-refractivity contribution in [3.8, 4) is 0 Å². The summed E-state index contributed by atoms with van der Waals surface area (Å²) in [5, 5.41) is 4.50. The Balaban J connectivity index is 1.53. The van der Waals surface area contributed by atoms with Gasteiger partial charge in [-0.1, -0.05) is 20.8 Å². The predicted molar refractivity (Wildman–Crippen MR) is 110 cm³/mol. The van der Waals surface area contributed by atoms with E-state index in [4.69, 9.17) is 0 Å². The standard InChI is InChI=1S/C18H30N8S/c1-5-15-22-18(27-23-15)25-10-8-24(9-11-25)17(19-4)21-12-16-20-6-7-26(16)13-14(2)3/h6-7,14H,5,8-13H2,1-4H3,(H,19,21). The minimum absolute atomic E-state index is 0.596. The summed E-state index contributed by atoms with van der Waals surface area (Å²) in [6.45, 7) is 11.9. The maximum Gasteiger partial charge on any atom is 0.205 e. The third-order valence-corrected chi connectivity index (χ3v) is 5.42. The summed E-state index contributed by atoms with van der Waals surface area (Å²) in [5.74, 6) is 3.51. The highest BCUT2D eigenvalue weighted by molar-refractivity contribution is 7.09. The van der Waals surface area contributed by atoms with Gasteiger partial charge >= 0.3 is 0 Å². The quantitative estimate of drug-likeness (QED) is 0.599. The molecule has 0 aliphatic carbocycles. The molecular weight excluding hydrogens is 360 g/mol. The minimum Gasteiger partial charge on any atom is -0.349 e. The lowest BCUT2D eigenvalue weighted by Crippen LogP contribution is -2.52. The molecular formula is C18H30N8S. The van der Waals surface area contributed by atoms with Crippen LogP contribution in [0.1, 0.15) is 32.4 Å². The molecule has 3 heterocycles. The highest BCUT2D eigenvalue weighted by Crippen LogP contribution is 2.19. The van der Waals surface area contributed by atoms with E-state index >= 15 is 0 Å². The van der Waals surface area contributed by atoms with Crippen molar-refractivity contribution in [3.63, 3.8) is 0 Å². The zero-order chi connectivity index (χ0) is 19.2. The van der Waals surface area contributed by atoms with Gasteiger partial charge in [0.25, 0.3) is 0 Å². The Labute approximate surface area is 165 Å². The van der Waals surface area contributed by atoms with E-state index in [-0.39, 0.29) is 0 Å². The van der Waals surface area contributed by atoms with Gasteiger partial charge in [-0.2, -0.15) is 4.37 Å².